The molecule has 0 amide bonds. The van der Waals surface area contributed by atoms with Crippen LogP contribution >= 0.6 is 0 Å². The summed E-state index contributed by atoms with van der Waals surface area (Å²) >= 11 is 0. The maximum atomic E-state index is 12.9. The van der Waals surface area contributed by atoms with Crippen LogP contribution < -0.4 is 10.2 Å². The number of methoxy groups -OCH3 is 1. The molecular formula is C33H41N3O5. The van der Waals surface area contributed by atoms with E-state index in [1.807, 2.05) is 60.7 Å². The summed E-state index contributed by atoms with van der Waals surface area (Å²) in [5, 5.41) is 0. The lowest BCUT2D eigenvalue weighted by Gasteiger charge is -2.40. The minimum atomic E-state index is -0.821. The van der Waals surface area contributed by atoms with Crippen molar-refractivity contribution < 1.29 is 23.9 Å². The van der Waals surface area contributed by atoms with Crippen LogP contribution in [0.4, 0.5) is 0 Å². The lowest BCUT2D eigenvalue weighted by atomic mass is 9.97. The van der Waals surface area contributed by atoms with Crippen LogP contribution in [-0.4, -0.2) is 68.0 Å². The molecule has 218 valence electrons. The Labute approximate surface area is 243 Å². The Hall–Kier alpha value is -3.56. The molecule has 2 atom stereocenters. The summed E-state index contributed by atoms with van der Waals surface area (Å²) in [7, 11) is 1.65. The molecular weight excluding hydrogens is 518 g/mol. The zero-order valence-corrected chi connectivity index (χ0v) is 23.8. The molecule has 0 aromatic heterocycles. The van der Waals surface area contributed by atoms with Gasteiger partial charge in [-0.1, -0.05) is 72.8 Å². The Kier molecular flexibility index (Phi) is 12.3. The molecule has 0 aliphatic carbocycles. The average Bonchev–Trinajstić information content (AvgIpc) is 3.03. The third-order valence-electron chi connectivity index (χ3n) is 7.48. The Morgan fingerprint density at radius 3 is 2.17 bits per heavy atom. The molecule has 41 heavy (non-hydrogen) atoms. The lowest BCUT2D eigenvalue weighted by Crippen LogP contribution is -2.51. The zero-order valence-electron chi connectivity index (χ0n) is 23.8. The van der Waals surface area contributed by atoms with Crippen LogP contribution in [0.15, 0.2) is 84.9 Å². The van der Waals surface area contributed by atoms with Gasteiger partial charge in [0.05, 0.1) is 13.7 Å². The van der Waals surface area contributed by atoms with E-state index in [1.165, 1.54) is 5.56 Å². The van der Waals surface area contributed by atoms with Crippen molar-refractivity contribution in [1.29, 1.82) is 0 Å². The standard InChI is InChI=1S/C33H41N3O5/c1-39-32-14-12-27(13-15-32)23-34-41-21-16-31(22-30(25-37)33(38)40-26-29-10-6-3-7-11-29)36-19-17-35(18-20-36)24-28-8-4-2-5-9-28/h2-15,25,30-31,34H,16-24,26H2,1H3. The minimum absolute atomic E-state index is 0.0103. The van der Waals surface area contributed by atoms with Gasteiger partial charge in [0.2, 0.25) is 0 Å². The van der Waals surface area contributed by atoms with Crippen LogP contribution in [0, 0.1) is 5.92 Å². The molecule has 0 spiro atoms. The highest BCUT2D eigenvalue weighted by Gasteiger charge is 2.30. The van der Waals surface area contributed by atoms with E-state index in [1.54, 1.807) is 7.11 Å². The summed E-state index contributed by atoms with van der Waals surface area (Å²) in [6.07, 6.45) is 1.82. The van der Waals surface area contributed by atoms with E-state index in [0.29, 0.717) is 26.0 Å². The molecule has 1 aliphatic heterocycles. The molecule has 3 aromatic carbocycles. The van der Waals surface area contributed by atoms with Gasteiger partial charge in [-0.15, -0.1) is 0 Å². The second-order valence-electron chi connectivity index (χ2n) is 10.3. The molecule has 0 bridgehead atoms. The first-order valence-electron chi connectivity index (χ1n) is 14.3. The summed E-state index contributed by atoms with van der Waals surface area (Å²) in [6, 6.07) is 27.8. The average molecular weight is 560 g/mol. The quantitative estimate of drug-likeness (QED) is 0.0918. The number of ether oxygens (including phenoxy) is 2. The van der Waals surface area contributed by atoms with Crippen molar-refractivity contribution in [2.24, 2.45) is 5.92 Å². The number of carbonyl (C=O) groups is 2. The summed E-state index contributed by atoms with van der Waals surface area (Å²) in [5.41, 5.74) is 6.31. The Bertz CT molecular complexity index is 1170. The highest BCUT2D eigenvalue weighted by molar-refractivity contribution is 5.87. The fourth-order valence-electron chi connectivity index (χ4n) is 5.06. The van der Waals surface area contributed by atoms with Gasteiger partial charge in [-0.3, -0.25) is 14.6 Å². The van der Waals surface area contributed by atoms with Gasteiger partial charge in [0.1, 0.15) is 24.6 Å². The second kappa shape index (κ2) is 16.6. The minimum Gasteiger partial charge on any atom is -0.497 e. The molecule has 8 nitrogen and oxygen atoms in total. The highest BCUT2D eigenvalue weighted by Crippen LogP contribution is 2.20. The van der Waals surface area contributed by atoms with Gasteiger partial charge in [-0.2, -0.15) is 5.48 Å². The van der Waals surface area contributed by atoms with Crippen molar-refractivity contribution in [1.82, 2.24) is 15.3 Å². The fourth-order valence-corrected chi connectivity index (χ4v) is 5.06. The largest absolute Gasteiger partial charge is 0.497 e. The number of rotatable bonds is 16. The molecule has 3 aromatic rings. The van der Waals surface area contributed by atoms with Crippen LogP contribution in [0.5, 0.6) is 5.75 Å². The number of nitrogens with zero attached hydrogens (tertiary/aromatic N) is 2. The second-order valence-corrected chi connectivity index (χ2v) is 10.3. The Balaban J connectivity index is 1.30. The van der Waals surface area contributed by atoms with Crippen LogP contribution in [0.25, 0.3) is 0 Å². The molecule has 8 heteroatoms. The first kappa shape index (κ1) is 30.4. The predicted octanol–water partition coefficient (Wildman–Crippen LogP) is 4.24. The van der Waals surface area contributed by atoms with E-state index >= 15 is 0 Å². The Morgan fingerprint density at radius 2 is 1.54 bits per heavy atom. The molecule has 2 unspecified atom stereocenters. The maximum Gasteiger partial charge on any atom is 0.316 e. The summed E-state index contributed by atoms with van der Waals surface area (Å²) < 4.78 is 10.7. The fraction of sp³-hybridized carbons (Fsp3) is 0.394. The number of benzene rings is 3. The van der Waals surface area contributed by atoms with Gasteiger partial charge in [0.15, 0.2) is 0 Å². The highest BCUT2D eigenvalue weighted by atomic mass is 16.6. The van der Waals surface area contributed by atoms with E-state index in [4.69, 9.17) is 14.3 Å². The normalized spacial score (nSPS) is 15.6. The number of hydroxylamine groups is 1. The van der Waals surface area contributed by atoms with E-state index in [0.717, 1.165) is 55.9 Å². The summed E-state index contributed by atoms with van der Waals surface area (Å²) in [4.78, 5) is 35.5. The van der Waals surface area contributed by atoms with E-state index < -0.39 is 11.9 Å². The molecule has 4 rings (SSSR count). The van der Waals surface area contributed by atoms with Gasteiger partial charge < -0.3 is 19.1 Å². The van der Waals surface area contributed by atoms with Gasteiger partial charge >= 0.3 is 5.97 Å². The number of nitrogens with one attached hydrogen (secondary N) is 1. The molecule has 1 N–H and O–H groups in total. The van der Waals surface area contributed by atoms with Crippen molar-refractivity contribution in [3.63, 3.8) is 0 Å². The Morgan fingerprint density at radius 1 is 0.878 bits per heavy atom. The van der Waals surface area contributed by atoms with Crippen molar-refractivity contribution in [3.8, 4) is 5.75 Å². The number of piperazine rings is 1. The third kappa shape index (κ3) is 10.1. The zero-order chi connectivity index (χ0) is 28.7. The van der Waals surface area contributed by atoms with Crippen LogP contribution in [0.3, 0.4) is 0 Å². The van der Waals surface area contributed by atoms with Crippen molar-refractivity contribution >= 4 is 12.3 Å². The van der Waals surface area contributed by atoms with Crippen molar-refractivity contribution in [2.75, 3.05) is 39.9 Å². The maximum absolute atomic E-state index is 12.9. The van der Waals surface area contributed by atoms with Crippen LogP contribution in [-0.2, 0) is 38.9 Å². The van der Waals surface area contributed by atoms with Crippen molar-refractivity contribution in [3.05, 3.63) is 102 Å². The number of hydrogen-bond acceptors (Lipinski definition) is 8. The third-order valence-corrected chi connectivity index (χ3v) is 7.48. The smallest absolute Gasteiger partial charge is 0.316 e. The first-order valence-corrected chi connectivity index (χ1v) is 14.3. The molecule has 0 radical (unpaired) electrons. The number of esters is 1. The van der Waals surface area contributed by atoms with E-state index in [2.05, 4.69) is 39.5 Å². The predicted molar refractivity (Wildman–Crippen MR) is 158 cm³/mol. The number of aldehydes is 1. The molecule has 1 fully saturated rings. The molecule has 0 saturated carbocycles. The summed E-state index contributed by atoms with van der Waals surface area (Å²) in [6.45, 7) is 5.66. The van der Waals surface area contributed by atoms with E-state index in [-0.39, 0.29) is 12.6 Å². The number of hydrogen-bond donors (Lipinski definition) is 1. The SMILES string of the molecule is COc1ccc(CNOCCC(CC(C=O)C(=O)OCc2ccccc2)N2CCN(Cc3ccccc3)CC2)cc1. The molecule has 1 aliphatic rings. The topological polar surface area (TPSA) is 80.3 Å². The van der Waals surface area contributed by atoms with E-state index in [9.17, 15) is 9.59 Å². The number of carbonyl (C=O) groups excluding carboxylic acids is 2. The lowest BCUT2D eigenvalue weighted by molar-refractivity contribution is -0.152. The van der Waals surface area contributed by atoms with Crippen LogP contribution in [0.2, 0.25) is 0 Å². The molecule has 1 heterocycles. The first-order chi connectivity index (χ1) is 20.1. The molecule has 1 saturated heterocycles. The monoisotopic (exact) mass is 559 g/mol. The summed E-state index contributed by atoms with van der Waals surface area (Å²) in [5.74, 6) is -0.484. The van der Waals surface area contributed by atoms with Gasteiger partial charge in [-0.05, 0) is 41.7 Å². The van der Waals surface area contributed by atoms with Gasteiger partial charge in [0.25, 0.3) is 0 Å². The van der Waals surface area contributed by atoms with Gasteiger partial charge in [0, 0.05) is 45.3 Å². The van der Waals surface area contributed by atoms with Gasteiger partial charge in [-0.25, -0.2) is 0 Å². The van der Waals surface area contributed by atoms with Crippen molar-refractivity contribution in [2.45, 2.75) is 38.6 Å². The van der Waals surface area contributed by atoms with Crippen LogP contribution in [0.1, 0.15) is 29.5 Å².